The Bertz CT molecular complexity index is 419. The Labute approximate surface area is 98.7 Å². The van der Waals surface area contributed by atoms with Gasteiger partial charge >= 0.3 is 6.18 Å². The van der Waals surface area contributed by atoms with Crippen LogP contribution in [0, 0.1) is 0 Å². The molecule has 2 nitrogen and oxygen atoms in total. The number of fused-ring (bicyclic) bond motifs is 1. The molecule has 6 heteroatoms. The van der Waals surface area contributed by atoms with Crippen LogP contribution in [-0.4, -0.2) is 6.61 Å². The minimum absolute atomic E-state index is 0.130. The van der Waals surface area contributed by atoms with Gasteiger partial charge in [-0.3, -0.25) is 0 Å². The van der Waals surface area contributed by atoms with Gasteiger partial charge in [-0.05, 0) is 12.1 Å². The minimum atomic E-state index is -4.43. The molecule has 0 unspecified atom stereocenters. The van der Waals surface area contributed by atoms with Crippen LogP contribution in [0.15, 0.2) is 16.6 Å². The lowest BCUT2D eigenvalue weighted by Gasteiger charge is -2.26. The van der Waals surface area contributed by atoms with Crippen LogP contribution in [-0.2, 0) is 6.18 Å². The lowest BCUT2D eigenvalue weighted by atomic mass is 9.98. The largest absolute Gasteiger partial charge is 0.493 e. The van der Waals surface area contributed by atoms with E-state index in [4.69, 9.17) is 10.5 Å². The molecule has 0 aliphatic carbocycles. The summed E-state index contributed by atoms with van der Waals surface area (Å²) >= 11 is 3.05. The quantitative estimate of drug-likeness (QED) is 0.797. The van der Waals surface area contributed by atoms with Crippen molar-refractivity contribution in [3.8, 4) is 5.75 Å². The molecule has 1 aromatic rings. The third kappa shape index (κ3) is 2.04. The first kappa shape index (κ1) is 11.7. The smallest absolute Gasteiger partial charge is 0.420 e. The Kier molecular flexibility index (Phi) is 2.88. The molecule has 16 heavy (non-hydrogen) atoms. The van der Waals surface area contributed by atoms with Gasteiger partial charge in [-0.1, -0.05) is 15.9 Å². The van der Waals surface area contributed by atoms with E-state index >= 15 is 0 Å². The van der Waals surface area contributed by atoms with Crippen LogP contribution in [0.1, 0.15) is 23.6 Å². The summed E-state index contributed by atoms with van der Waals surface area (Å²) in [4.78, 5) is 0. The van der Waals surface area contributed by atoms with Gasteiger partial charge in [-0.25, -0.2) is 0 Å². The zero-order valence-electron chi connectivity index (χ0n) is 8.14. The van der Waals surface area contributed by atoms with Gasteiger partial charge in [0.2, 0.25) is 0 Å². The van der Waals surface area contributed by atoms with Crippen LogP contribution in [0.2, 0.25) is 0 Å². The fraction of sp³-hybridized carbons (Fsp3) is 0.400. The molecule has 2 rings (SSSR count). The van der Waals surface area contributed by atoms with Gasteiger partial charge in [-0.15, -0.1) is 0 Å². The first-order chi connectivity index (χ1) is 7.39. The van der Waals surface area contributed by atoms with Crippen molar-refractivity contribution in [3.05, 3.63) is 27.7 Å². The summed E-state index contributed by atoms with van der Waals surface area (Å²) in [6.45, 7) is 0.221. The van der Waals surface area contributed by atoms with E-state index in [1.165, 1.54) is 0 Å². The van der Waals surface area contributed by atoms with Crippen molar-refractivity contribution in [2.45, 2.75) is 18.6 Å². The summed E-state index contributed by atoms with van der Waals surface area (Å²) in [6, 6.07) is 2.19. The molecule has 1 aliphatic rings. The summed E-state index contributed by atoms with van der Waals surface area (Å²) in [5, 5.41) is 0. The number of nitrogens with two attached hydrogens (primary N) is 1. The summed E-state index contributed by atoms with van der Waals surface area (Å²) in [6.07, 6.45) is -3.90. The average Bonchev–Trinajstić information content (AvgIpc) is 2.17. The van der Waals surface area contributed by atoms with E-state index in [9.17, 15) is 13.2 Å². The maximum atomic E-state index is 12.7. The number of rotatable bonds is 0. The fourth-order valence-corrected chi connectivity index (χ4v) is 2.18. The second kappa shape index (κ2) is 3.92. The molecular formula is C10H9BrF3NO. The van der Waals surface area contributed by atoms with Crippen molar-refractivity contribution in [1.82, 2.24) is 0 Å². The first-order valence-corrected chi connectivity index (χ1v) is 5.48. The third-order valence-electron chi connectivity index (χ3n) is 2.46. The van der Waals surface area contributed by atoms with Crippen LogP contribution in [0.5, 0.6) is 5.75 Å². The molecule has 2 N–H and O–H groups in total. The Hall–Kier alpha value is -0.750. The highest BCUT2D eigenvalue weighted by Gasteiger charge is 2.37. The second-order valence-corrected chi connectivity index (χ2v) is 4.53. The van der Waals surface area contributed by atoms with E-state index in [1.807, 2.05) is 0 Å². The number of ether oxygens (including phenoxy) is 1. The highest BCUT2D eigenvalue weighted by molar-refractivity contribution is 9.10. The number of hydrogen-bond acceptors (Lipinski definition) is 2. The van der Waals surface area contributed by atoms with Crippen molar-refractivity contribution >= 4 is 15.9 Å². The Morgan fingerprint density at radius 2 is 2.06 bits per heavy atom. The lowest BCUT2D eigenvalue weighted by Crippen LogP contribution is -2.23. The van der Waals surface area contributed by atoms with Crippen molar-refractivity contribution in [3.63, 3.8) is 0 Å². The van der Waals surface area contributed by atoms with Crippen LogP contribution in [0.4, 0.5) is 13.2 Å². The maximum Gasteiger partial charge on any atom is 0.420 e. The number of halogens is 4. The molecule has 1 atom stereocenters. The van der Waals surface area contributed by atoms with Crippen molar-refractivity contribution < 1.29 is 17.9 Å². The van der Waals surface area contributed by atoms with E-state index in [1.54, 1.807) is 6.07 Å². The van der Waals surface area contributed by atoms with Crippen molar-refractivity contribution in [1.29, 1.82) is 0 Å². The van der Waals surface area contributed by atoms with Crippen molar-refractivity contribution in [2.24, 2.45) is 5.73 Å². The Balaban J connectivity index is 2.62. The average molecular weight is 296 g/mol. The molecule has 0 radical (unpaired) electrons. The van der Waals surface area contributed by atoms with Crippen LogP contribution in [0.3, 0.4) is 0 Å². The van der Waals surface area contributed by atoms with Gasteiger partial charge < -0.3 is 10.5 Å². The second-order valence-electron chi connectivity index (χ2n) is 3.61. The van der Waals surface area contributed by atoms with E-state index in [2.05, 4.69) is 15.9 Å². The Morgan fingerprint density at radius 1 is 1.38 bits per heavy atom. The zero-order valence-corrected chi connectivity index (χ0v) is 9.73. The van der Waals surface area contributed by atoms with Gasteiger partial charge in [0.1, 0.15) is 5.75 Å². The Morgan fingerprint density at radius 3 is 2.69 bits per heavy atom. The molecule has 0 amide bonds. The molecule has 1 aliphatic heterocycles. The zero-order chi connectivity index (χ0) is 11.9. The van der Waals surface area contributed by atoms with E-state index in [0.717, 1.165) is 6.07 Å². The van der Waals surface area contributed by atoms with Gasteiger partial charge in [0.15, 0.2) is 0 Å². The molecule has 0 saturated heterocycles. The minimum Gasteiger partial charge on any atom is -0.493 e. The van der Waals surface area contributed by atoms with Crippen LogP contribution >= 0.6 is 15.9 Å². The van der Waals surface area contributed by atoms with Gasteiger partial charge in [-0.2, -0.15) is 13.2 Å². The molecule has 1 aromatic carbocycles. The molecule has 0 spiro atoms. The SMILES string of the molecule is N[C@H]1CCOc2c1cc(Br)cc2C(F)(F)F. The summed E-state index contributed by atoms with van der Waals surface area (Å²) in [7, 11) is 0. The van der Waals surface area contributed by atoms with Crippen LogP contribution < -0.4 is 10.5 Å². The van der Waals surface area contributed by atoms with Gasteiger partial charge in [0.25, 0.3) is 0 Å². The molecule has 0 aromatic heterocycles. The molecule has 0 fully saturated rings. The fourth-order valence-electron chi connectivity index (χ4n) is 1.71. The number of hydrogen-bond donors (Lipinski definition) is 1. The first-order valence-electron chi connectivity index (χ1n) is 4.68. The topological polar surface area (TPSA) is 35.2 Å². The number of benzene rings is 1. The monoisotopic (exact) mass is 295 g/mol. The molecule has 1 heterocycles. The van der Waals surface area contributed by atoms with E-state index < -0.39 is 17.8 Å². The summed E-state index contributed by atoms with van der Waals surface area (Å²) in [5.41, 5.74) is 5.40. The summed E-state index contributed by atoms with van der Waals surface area (Å²) in [5.74, 6) is -0.130. The highest BCUT2D eigenvalue weighted by atomic mass is 79.9. The molecule has 0 saturated carbocycles. The van der Waals surface area contributed by atoms with E-state index in [-0.39, 0.29) is 12.4 Å². The van der Waals surface area contributed by atoms with E-state index in [0.29, 0.717) is 16.5 Å². The number of alkyl halides is 3. The maximum absolute atomic E-state index is 12.7. The van der Waals surface area contributed by atoms with Crippen molar-refractivity contribution in [2.75, 3.05) is 6.61 Å². The normalized spacial score (nSPS) is 20.2. The molecular weight excluding hydrogens is 287 g/mol. The molecule has 88 valence electrons. The predicted octanol–water partition coefficient (Wildman–Crippen LogP) is 3.25. The summed E-state index contributed by atoms with van der Waals surface area (Å²) < 4.78 is 43.7. The predicted molar refractivity (Wildman–Crippen MR) is 56.2 cm³/mol. The standard InChI is InChI=1S/C10H9BrF3NO/c11-5-3-6-8(15)1-2-16-9(6)7(4-5)10(12,13)14/h3-4,8H,1-2,15H2/t8-/m0/s1. The highest BCUT2D eigenvalue weighted by Crippen LogP contribution is 2.43. The lowest BCUT2D eigenvalue weighted by molar-refractivity contribution is -0.139. The molecule has 0 bridgehead atoms. The van der Waals surface area contributed by atoms with Gasteiger partial charge in [0.05, 0.1) is 12.2 Å². The van der Waals surface area contributed by atoms with Gasteiger partial charge in [0, 0.05) is 22.5 Å². The third-order valence-corrected chi connectivity index (χ3v) is 2.92. The van der Waals surface area contributed by atoms with Crippen LogP contribution in [0.25, 0.3) is 0 Å².